The summed E-state index contributed by atoms with van der Waals surface area (Å²) in [5.41, 5.74) is 3.81. The van der Waals surface area contributed by atoms with Gasteiger partial charge in [0.1, 0.15) is 11.6 Å². The molecule has 0 saturated carbocycles. The molecule has 1 N–H and O–H groups in total. The molecule has 1 aliphatic rings. The van der Waals surface area contributed by atoms with E-state index in [1.54, 1.807) is 12.0 Å². The summed E-state index contributed by atoms with van der Waals surface area (Å²) in [6.07, 6.45) is 1.77. The molecular formula is C20H23N3O2. The number of carbonyl (C=O) groups excluding carboxylic acids is 1. The fourth-order valence-corrected chi connectivity index (χ4v) is 2.87. The zero-order chi connectivity index (χ0) is 17.8. The Morgan fingerprint density at radius 2 is 1.96 bits per heavy atom. The number of anilines is 2. The van der Waals surface area contributed by atoms with E-state index < -0.39 is 0 Å². The average molecular weight is 337 g/mol. The quantitative estimate of drug-likeness (QED) is 0.894. The van der Waals surface area contributed by atoms with Crippen LogP contribution in [-0.2, 0) is 0 Å². The van der Waals surface area contributed by atoms with Crippen molar-refractivity contribution in [2.24, 2.45) is 4.99 Å². The summed E-state index contributed by atoms with van der Waals surface area (Å²) in [6, 6.07) is 13.2. The molecule has 1 aliphatic heterocycles. The molecule has 0 spiro atoms. The number of carbonyl (C=O) groups is 1. The maximum atomic E-state index is 13.0. The number of aliphatic imine (C=N–C) groups is 1. The summed E-state index contributed by atoms with van der Waals surface area (Å²) in [6.45, 7) is 4.87. The average Bonchev–Trinajstić information content (AvgIpc) is 3.13. The molecule has 0 aromatic heterocycles. The van der Waals surface area contributed by atoms with Crippen molar-refractivity contribution in [2.75, 3.05) is 23.9 Å². The number of nitrogens with zero attached hydrogens (tertiary/aromatic N) is 2. The second-order valence-electron chi connectivity index (χ2n) is 6.14. The first-order valence-corrected chi connectivity index (χ1v) is 8.45. The fraction of sp³-hybridized carbons (Fsp3) is 0.300. The van der Waals surface area contributed by atoms with Gasteiger partial charge in [-0.2, -0.15) is 0 Å². The Balaban J connectivity index is 1.94. The lowest BCUT2D eigenvalue weighted by Gasteiger charge is -2.24. The molecule has 1 heterocycles. The van der Waals surface area contributed by atoms with E-state index in [4.69, 9.17) is 4.74 Å². The van der Waals surface area contributed by atoms with Gasteiger partial charge in [-0.1, -0.05) is 18.2 Å². The van der Waals surface area contributed by atoms with Crippen LogP contribution in [0.15, 0.2) is 47.5 Å². The number of amidine groups is 1. The maximum absolute atomic E-state index is 13.0. The number of benzene rings is 2. The van der Waals surface area contributed by atoms with Crippen LogP contribution in [0.25, 0.3) is 0 Å². The highest BCUT2D eigenvalue weighted by Gasteiger charge is 2.24. The zero-order valence-corrected chi connectivity index (χ0v) is 14.9. The van der Waals surface area contributed by atoms with Crippen molar-refractivity contribution < 1.29 is 9.53 Å². The number of hydrogen-bond acceptors (Lipinski definition) is 3. The van der Waals surface area contributed by atoms with E-state index in [0.29, 0.717) is 11.4 Å². The number of urea groups is 1. The molecule has 25 heavy (non-hydrogen) atoms. The molecule has 2 aromatic carbocycles. The smallest absolute Gasteiger partial charge is 0.331 e. The Bertz CT molecular complexity index is 814. The zero-order valence-electron chi connectivity index (χ0n) is 14.9. The van der Waals surface area contributed by atoms with E-state index in [-0.39, 0.29) is 6.03 Å². The molecule has 0 saturated heterocycles. The Hall–Kier alpha value is -2.82. The molecule has 2 aromatic rings. The maximum Gasteiger partial charge on any atom is 0.331 e. The van der Waals surface area contributed by atoms with Crippen molar-refractivity contribution in [2.45, 2.75) is 26.7 Å². The van der Waals surface area contributed by atoms with Crippen molar-refractivity contribution >= 4 is 23.2 Å². The van der Waals surface area contributed by atoms with Crippen LogP contribution in [0, 0.1) is 13.8 Å². The molecule has 5 nitrogen and oxygen atoms in total. The topological polar surface area (TPSA) is 53.9 Å². The number of amides is 2. The molecule has 0 bridgehead atoms. The highest BCUT2D eigenvalue weighted by atomic mass is 16.5. The molecule has 2 amide bonds. The number of nitrogens with one attached hydrogen (secondary N) is 1. The molecule has 0 radical (unpaired) electrons. The van der Waals surface area contributed by atoms with Gasteiger partial charge in [-0.25, -0.2) is 4.79 Å². The van der Waals surface area contributed by atoms with Gasteiger partial charge in [0, 0.05) is 13.0 Å². The van der Waals surface area contributed by atoms with Crippen molar-refractivity contribution in [1.82, 2.24) is 0 Å². The van der Waals surface area contributed by atoms with Crippen LogP contribution in [0.5, 0.6) is 5.75 Å². The lowest BCUT2D eigenvalue weighted by atomic mass is 10.1. The Morgan fingerprint density at radius 1 is 1.16 bits per heavy atom. The van der Waals surface area contributed by atoms with Crippen LogP contribution >= 0.6 is 0 Å². The van der Waals surface area contributed by atoms with Crippen LogP contribution < -0.4 is 15.0 Å². The van der Waals surface area contributed by atoms with Gasteiger partial charge < -0.3 is 10.1 Å². The predicted molar refractivity (Wildman–Crippen MR) is 102 cm³/mol. The number of hydrogen-bond donors (Lipinski definition) is 1. The number of para-hydroxylation sites is 2. The molecule has 130 valence electrons. The number of aryl methyl sites for hydroxylation is 2. The largest absolute Gasteiger partial charge is 0.495 e. The standard InChI is InChI=1S/C20H23N3O2/c1-14-10-11-16(13-15(14)2)23(19-9-6-12-21-19)20(24)22-17-7-4-5-8-18(17)25-3/h4-5,7-8,10-11,13H,6,9,12H2,1-3H3,(H,22,24). The van der Waals surface area contributed by atoms with E-state index >= 15 is 0 Å². The molecule has 0 fully saturated rings. The van der Waals surface area contributed by atoms with Gasteiger partial charge in [0.15, 0.2) is 0 Å². The van der Waals surface area contributed by atoms with E-state index in [1.165, 1.54) is 5.56 Å². The Morgan fingerprint density at radius 3 is 2.64 bits per heavy atom. The predicted octanol–water partition coefficient (Wildman–Crippen LogP) is 4.54. The van der Waals surface area contributed by atoms with Crippen LogP contribution in [-0.4, -0.2) is 25.5 Å². The lowest BCUT2D eigenvalue weighted by Crippen LogP contribution is -2.39. The Labute approximate surface area is 148 Å². The van der Waals surface area contributed by atoms with Gasteiger partial charge in [-0.15, -0.1) is 0 Å². The van der Waals surface area contributed by atoms with Crippen molar-refractivity contribution in [3.05, 3.63) is 53.6 Å². The van der Waals surface area contributed by atoms with Gasteiger partial charge in [-0.3, -0.25) is 9.89 Å². The molecular weight excluding hydrogens is 314 g/mol. The first-order chi connectivity index (χ1) is 12.1. The Kier molecular flexibility index (Phi) is 5.03. The van der Waals surface area contributed by atoms with Crippen LogP contribution in [0.1, 0.15) is 24.0 Å². The molecule has 0 unspecified atom stereocenters. The minimum absolute atomic E-state index is 0.228. The summed E-state index contributed by atoms with van der Waals surface area (Å²) < 4.78 is 5.33. The third-order valence-corrected chi connectivity index (χ3v) is 4.41. The van der Waals surface area contributed by atoms with Crippen molar-refractivity contribution in [3.8, 4) is 5.75 Å². The van der Waals surface area contributed by atoms with Gasteiger partial charge in [0.25, 0.3) is 0 Å². The fourth-order valence-electron chi connectivity index (χ4n) is 2.87. The SMILES string of the molecule is COc1ccccc1NC(=O)N(C1=NCCC1)c1ccc(C)c(C)c1. The third-order valence-electron chi connectivity index (χ3n) is 4.41. The van der Waals surface area contributed by atoms with Crippen molar-refractivity contribution in [1.29, 1.82) is 0 Å². The second kappa shape index (κ2) is 7.38. The van der Waals surface area contributed by atoms with Crippen LogP contribution in [0.2, 0.25) is 0 Å². The van der Waals surface area contributed by atoms with E-state index in [9.17, 15) is 4.79 Å². The van der Waals surface area contributed by atoms with E-state index in [0.717, 1.165) is 36.5 Å². The summed E-state index contributed by atoms with van der Waals surface area (Å²) in [7, 11) is 1.59. The van der Waals surface area contributed by atoms with Crippen molar-refractivity contribution in [3.63, 3.8) is 0 Å². The monoisotopic (exact) mass is 337 g/mol. The second-order valence-corrected chi connectivity index (χ2v) is 6.14. The normalized spacial score (nSPS) is 13.3. The van der Waals surface area contributed by atoms with Crippen LogP contribution in [0.4, 0.5) is 16.2 Å². The van der Waals surface area contributed by atoms with Gasteiger partial charge in [-0.05, 0) is 55.7 Å². The summed E-state index contributed by atoms with van der Waals surface area (Å²) in [5.74, 6) is 1.43. The van der Waals surface area contributed by atoms with E-state index in [2.05, 4.69) is 17.2 Å². The number of methoxy groups -OCH3 is 1. The highest BCUT2D eigenvalue weighted by molar-refractivity contribution is 6.20. The summed E-state index contributed by atoms with van der Waals surface area (Å²) >= 11 is 0. The molecule has 0 atom stereocenters. The molecule has 3 rings (SSSR count). The number of ether oxygens (including phenoxy) is 1. The molecule has 0 aliphatic carbocycles. The van der Waals surface area contributed by atoms with E-state index in [1.807, 2.05) is 49.4 Å². The highest BCUT2D eigenvalue weighted by Crippen LogP contribution is 2.27. The first-order valence-electron chi connectivity index (χ1n) is 8.45. The minimum Gasteiger partial charge on any atom is -0.495 e. The summed E-state index contributed by atoms with van der Waals surface area (Å²) in [5, 5.41) is 2.95. The van der Waals surface area contributed by atoms with Gasteiger partial charge >= 0.3 is 6.03 Å². The van der Waals surface area contributed by atoms with Gasteiger partial charge in [0.05, 0.1) is 18.5 Å². The number of rotatable bonds is 3. The third kappa shape index (κ3) is 3.65. The first kappa shape index (κ1) is 17.0. The lowest BCUT2D eigenvalue weighted by molar-refractivity contribution is 0.259. The van der Waals surface area contributed by atoms with Gasteiger partial charge in [0.2, 0.25) is 0 Å². The summed E-state index contributed by atoms with van der Waals surface area (Å²) in [4.78, 5) is 19.2. The van der Waals surface area contributed by atoms with Crippen LogP contribution in [0.3, 0.4) is 0 Å². The molecule has 5 heteroatoms. The minimum atomic E-state index is -0.228.